The number of likely N-dealkylation sites (tertiary alicyclic amines) is 1. The van der Waals surface area contributed by atoms with Gasteiger partial charge < -0.3 is 10.4 Å². The second kappa shape index (κ2) is 8.10. The summed E-state index contributed by atoms with van der Waals surface area (Å²) in [6, 6.07) is 12.6. The molecule has 0 bridgehead atoms. The number of halogens is 1. The molecule has 0 spiro atoms. The van der Waals surface area contributed by atoms with Crippen LogP contribution in [0.3, 0.4) is 0 Å². The molecule has 0 unspecified atom stereocenters. The third kappa shape index (κ3) is 4.67. The predicted octanol–water partition coefficient (Wildman–Crippen LogP) is 2.92. The van der Waals surface area contributed by atoms with E-state index >= 15 is 0 Å². The van der Waals surface area contributed by atoms with Crippen LogP contribution in [0.2, 0.25) is 0 Å². The van der Waals surface area contributed by atoms with Gasteiger partial charge in [-0.2, -0.15) is 0 Å². The van der Waals surface area contributed by atoms with Gasteiger partial charge in [-0.3, -0.25) is 9.69 Å². The molecule has 1 fully saturated rings. The molecule has 1 aliphatic rings. The highest BCUT2D eigenvalue weighted by molar-refractivity contribution is 5.94. The minimum Gasteiger partial charge on any atom is -0.478 e. The second-order valence-corrected chi connectivity index (χ2v) is 6.53. The predicted molar refractivity (Wildman–Crippen MR) is 95.6 cm³/mol. The number of carboxylic acids is 1. The fourth-order valence-corrected chi connectivity index (χ4v) is 3.12. The highest BCUT2D eigenvalue weighted by atomic mass is 19.1. The minimum atomic E-state index is -0.922. The van der Waals surface area contributed by atoms with Crippen LogP contribution in [0.15, 0.2) is 48.5 Å². The Morgan fingerprint density at radius 1 is 1.00 bits per heavy atom. The summed E-state index contributed by atoms with van der Waals surface area (Å²) in [4.78, 5) is 25.4. The maximum atomic E-state index is 12.9. The van der Waals surface area contributed by atoms with E-state index in [9.17, 15) is 14.0 Å². The molecule has 0 atom stereocenters. The summed E-state index contributed by atoms with van der Waals surface area (Å²) >= 11 is 0. The van der Waals surface area contributed by atoms with Crippen molar-refractivity contribution in [3.63, 3.8) is 0 Å². The molecular formula is C20H21FN2O3. The van der Waals surface area contributed by atoms with Crippen LogP contribution in [0.1, 0.15) is 39.1 Å². The van der Waals surface area contributed by atoms with Gasteiger partial charge in [0.1, 0.15) is 5.82 Å². The molecule has 26 heavy (non-hydrogen) atoms. The molecule has 2 N–H and O–H groups in total. The van der Waals surface area contributed by atoms with Crippen molar-refractivity contribution >= 4 is 11.9 Å². The van der Waals surface area contributed by atoms with Gasteiger partial charge in [0.25, 0.3) is 5.91 Å². The van der Waals surface area contributed by atoms with E-state index in [-0.39, 0.29) is 23.3 Å². The van der Waals surface area contributed by atoms with Crippen LogP contribution >= 0.6 is 0 Å². The number of hydrogen-bond donors (Lipinski definition) is 2. The van der Waals surface area contributed by atoms with E-state index in [1.165, 1.54) is 24.3 Å². The van der Waals surface area contributed by atoms with Crippen LogP contribution in [0.5, 0.6) is 0 Å². The highest BCUT2D eigenvalue weighted by Gasteiger charge is 2.21. The lowest BCUT2D eigenvalue weighted by Gasteiger charge is -2.32. The molecule has 0 radical (unpaired) electrons. The van der Waals surface area contributed by atoms with Gasteiger partial charge in [0.15, 0.2) is 0 Å². The first kappa shape index (κ1) is 18.1. The second-order valence-electron chi connectivity index (χ2n) is 6.53. The Kier molecular flexibility index (Phi) is 5.63. The molecule has 1 aliphatic heterocycles. The average Bonchev–Trinajstić information content (AvgIpc) is 2.64. The van der Waals surface area contributed by atoms with Crippen molar-refractivity contribution in [2.24, 2.45) is 0 Å². The van der Waals surface area contributed by atoms with Gasteiger partial charge in [-0.1, -0.05) is 12.1 Å². The van der Waals surface area contributed by atoms with E-state index in [2.05, 4.69) is 10.2 Å². The van der Waals surface area contributed by atoms with Gasteiger partial charge in [-0.05, 0) is 54.8 Å². The molecule has 6 heteroatoms. The molecule has 0 aromatic heterocycles. The van der Waals surface area contributed by atoms with Crippen LogP contribution in [0.4, 0.5) is 4.39 Å². The number of carbonyl (C=O) groups is 2. The number of nitrogens with zero attached hydrogens (tertiary/aromatic N) is 1. The molecule has 0 aliphatic carbocycles. The van der Waals surface area contributed by atoms with E-state index in [0.29, 0.717) is 5.56 Å². The van der Waals surface area contributed by atoms with Crippen molar-refractivity contribution in [2.75, 3.05) is 13.1 Å². The molecule has 3 rings (SSSR count). The zero-order valence-corrected chi connectivity index (χ0v) is 14.3. The molecule has 1 saturated heterocycles. The van der Waals surface area contributed by atoms with Crippen LogP contribution in [0, 0.1) is 5.82 Å². The van der Waals surface area contributed by atoms with Crippen molar-refractivity contribution in [2.45, 2.75) is 25.4 Å². The van der Waals surface area contributed by atoms with E-state index < -0.39 is 5.97 Å². The van der Waals surface area contributed by atoms with Gasteiger partial charge >= 0.3 is 5.97 Å². The number of rotatable bonds is 5. The maximum Gasteiger partial charge on any atom is 0.335 e. The summed E-state index contributed by atoms with van der Waals surface area (Å²) in [5.74, 6) is -1.45. The quantitative estimate of drug-likeness (QED) is 0.864. The van der Waals surface area contributed by atoms with Crippen molar-refractivity contribution < 1.29 is 19.1 Å². The van der Waals surface area contributed by atoms with E-state index in [4.69, 9.17) is 5.11 Å². The molecule has 136 valence electrons. The monoisotopic (exact) mass is 356 g/mol. The Bertz CT molecular complexity index is 767. The van der Waals surface area contributed by atoms with Crippen molar-refractivity contribution in [3.05, 3.63) is 71.0 Å². The van der Waals surface area contributed by atoms with E-state index in [0.717, 1.165) is 38.0 Å². The SMILES string of the molecule is O=C(O)c1ccc(CN2CCC(NC(=O)c3ccc(F)cc3)CC2)cc1. The molecule has 0 saturated carbocycles. The number of aromatic carboxylic acids is 1. The number of carboxylic acid groups (broad SMARTS) is 1. The first-order valence-electron chi connectivity index (χ1n) is 8.62. The summed E-state index contributed by atoms with van der Waals surface area (Å²) < 4.78 is 12.9. The van der Waals surface area contributed by atoms with Crippen LogP contribution in [-0.4, -0.2) is 41.0 Å². The third-order valence-corrected chi connectivity index (χ3v) is 4.64. The fraction of sp³-hybridized carbons (Fsp3) is 0.300. The van der Waals surface area contributed by atoms with Crippen LogP contribution in [-0.2, 0) is 6.54 Å². The van der Waals surface area contributed by atoms with Gasteiger partial charge in [0.05, 0.1) is 5.56 Å². The lowest BCUT2D eigenvalue weighted by molar-refractivity contribution is 0.0696. The Hall–Kier alpha value is -2.73. The largest absolute Gasteiger partial charge is 0.478 e. The first-order valence-corrected chi connectivity index (χ1v) is 8.62. The van der Waals surface area contributed by atoms with Crippen molar-refractivity contribution in [1.82, 2.24) is 10.2 Å². The van der Waals surface area contributed by atoms with Crippen LogP contribution in [0.25, 0.3) is 0 Å². The molecule has 1 heterocycles. The summed E-state index contributed by atoms with van der Waals surface area (Å²) in [6.45, 7) is 2.47. The lowest BCUT2D eigenvalue weighted by atomic mass is 10.0. The molecule has 5 nitrogen and oxygen atoms in total. The number of nitrogens with one attached hydrogen (secondary N) is 1. The average molecular weight is 356 g/mol. The zero-order chi connectivity index (χ0) is 18.5. The maximum absolute atomic E-state index is 12.9. The summed E-state index contributed by atoms with van der Waals surface area (Å²) in [5.41, 5.74) is 1.83. The van der Waals surface area contributed by atoms with Gasteiger partial charge in [-0.25, -0.2) is 9.18 Å². The number of benzene rings is 2. The summed E-state index contributed by atoms with van der Waals surface area (Å²) in [7, 11) is 0. The Balaban J connectivity index is 1.47. The summed E-state index contributed by atoms with van der Waals surface area (Å²) in [5, 5.41) is 11.9. The molecule has 2 aromatic carbocycles. The fourth-order valence-electron chi connectivity index (χ4n) is 3.12. The smallest absolute Gasteiger partial charge is 0.335 e. The zero-order valence-electron chi connectivity index (χ0n) is 14.3. The standard InChI is InChI=1S/C20H21FN2O3/c21-17-7-5-15(6-8-17)19(24)22-18-9-11-23(12-10-18)13-14-1-3-16(4-2-14)20(25)26/h1-8,18H,9-13H2,(H,22,24)(H,25,26). The topological polar surface area (TPSA) is 69.6 Å². The number of hydrogen-bond acceptors (Lipinski definition) is 3. The Labute approximate surface area is 151 Å². The van der Waals surface area contributed by atoms with E-state index in [1.807, 2.05) is 12.1 Å². The van der Waals surface area contributed by atoms with Gasteiger partial charge in [0.2, 0.25) is 0 Å². The Morgan fingerprint density at radius 3 is 2.15 bits per heavy atom. The van der Waals surface area contributed by atoms with E-state index in [1.54, 1.807) is 12.1 Å². The molecule has 2 aromatic rings. The number of amides is 1. The third-order valence-electron chi connectivity index (χ3n) is 4.64. The highest BCUT2D eigenvalue weighted by Crippen LogP contribution is 2.15. The first-order chi connectivity index (χ1) is 12.5. The Morgan fingerprint density at radius 2 is 1.58 bits per heavy atom. The summed E-state index contributed by atoms with van der Waals surface area (Å²) in [6.07, 6.45) is 1.69. The van der Waals surface area contributed by atoms with Crippen molar-refractivity contribution in [3.8, 4) is 0 Å². The number of piperidine rings is 1. The van der Waals surface area contributed by atoms with Crippen molar-refractivity contribution in [1.29, 1.82) is 0 Å². The lowest BCUT2D eigenvalue weighted by Crippen LogP contribution is -2.44. The minimum absolute atomic E-state index is 0.109. The van der Waals surface area contributed by atoms with Gasteiger partial charge in [0, 0.05) is 31.2 Å². The van der Waals surface area contributed by atoms with Gasteiger partial charge in [-0.15, -0.1) is 0 Å². The molecule has 1 amide bonds. The number of carbonyl (C=O) groups excluding carboxylic acids is 1. The molecular weight excluding hydrogens is 335 g/mol. The normalized spacial score (nSPS) is 15.6. The van der Waals surface area contributed by atoms with Crippen LogP contribution < -0.4 is 5.32 Å².